The van der Waals surface area contributed by atoms with Crippen molar-refractivity contribution in [2.75, 3.05) is 4.90 Å². The second-order valence-electron chi connectivity index (χ2n) is 8.51. The van der Waals surface area contributed by atoms with Gasteiger partial charge in [-0.25, -0.2) is 0 Å². The standard InChI is InChI=1S/C21H24BrNSeSi2/c1-25(2,3)20-14-15(22)21(24-20)23-16-10-6-8-12-18(16)26(4,5)19-13-9-7-11-17(19)23/h6-14H,1-5H3. The molecule has 0 amide bonds. The number of para-hydroxylation sites is 2. The summed E-state index contributed by atoms with van der Waals surface area (Å²) in [4.78, 5) is 2.55. The maximum atomic E-state index is 3.92. The normalized spacial score (nSPS) is 15.5. The summed E-state index contributed by atoms with van der Waals surface area (Å²) in [6.07, 6.45) is 0. The first-order chi connectivity index (χ1) is 12.2. The zero-order valence-electron chi connectivity index (χ0n) is 15.9. The van der Waals surface area contributed by atoms with Crippen LogP contribution < -0.4 is 19.3 Å². The zero-order chi connectivity index (χ0) is 18.7. The second-order valence-corrected chi connectivity index (χ2v) is 21.7. The summed E-state index contributed by atoms with van der Waals surface area (Å²) in [6, 6.07) is 20.5. The summed E-state index contributed by atoms with van der Waals surface area (Å²) in [7, 11) is -2.96. The number of benzene rings is 2. The Balaban J connectivity index is 2.01. The summed E-state index contributed by atoms with van der Waals surface area (Å²) in [5, 5.41) is 3.09. The van der Waals surface area contributed by atoms with E-state index in [-0.39, 0.29) is 0 Å². The number of anilines is 3. The molecule has 0 bridgehead atoms. The average Bonchev–Trinajstić information content (AvgIpc) is 2.97. The fourth-order valence-electron chi connectivity index (χ4n) is 3.77. The third-order valence-corrected chi connectivity index (χ3v) is 17.9. The predicted molar refractivity (Wildman–Crippen MR) is 125 cm³/mol. The number of rotatable bonds is 2. The molecule has 0 radical (unpaired) electrons. The van der Waals surface area contributed by atoms with Gasteiger partial charge in [-0.15, -0.1) is 0 Å². The molecule has 0 saturated heterocycles. The van der Waals surface area contributed by atoms with Crippen LogP contribution >= 0.6 is 15.9 Å². The molecular weight excluding hydrogens is 481 g/mol. The van der Waals surface area contributed by atoms with Crippen molar-refractivity contribution < 1.29 is 0 Å². The Hall–Kier alpha value is -0.847. The van der Waals surface area contributed by atoms with Gasteiger partial charge < -0.3 is 0 Å². The van der Waals surface area contributed by atoms with Gasteiger partial charge in [-0.2, -0.15) is 0 Å². The Morgan fingerprint density at radius 2 is 1.38 bits per heavy atom. The van der Waals surface area contributed by atoms with E-state index < -0.39 is 16.1 Å². The molecule has 0 fully saturated rings. The van der Waals surface area contributed by atoms with Crippen LogP contribution in [-0.4, -0.2) is 30.7 Å². The molecule has 1 aromatic heterocycles. The minimum atomic E-state index is -1.68. The molecule has 134 valence electrons. The van der Waals surface area contributed by atoms with Gasteiger partial charge >= 0.3 is 174 Å². The van der Waals surface area contributed by atoms with Gasteiger partial charge in [0.2, 0.25) is 0 Å². The van der Waals surface area contributed by atoms with E-state index in [0.717, 1.165) is 0 Å². The Labute approximate surface area is 173 Å². The van der Waals surface area contributed by atoms with Gasteiger partial charge in [-0.05, 0) is 0 Å². The van der Waals surface area contributed by atoms with Crippen LogP contribution in [0.15, 0.2) is 59.1 Å². The van der Waals surface area contributed by atoms with Crippen molar-refractivity contribution in [1.29, 1.82) is 0 Å². The van der Waals surface area contributed by atoms with Gasteiger partial charge in [0.25, 0.3) is 0 Å². The van der Waals surface area contributed by atoms with Gasteiger partial charge in [0.05, 0.1) is 0 Å². The summed E-state index contributed by atoms with van der Waals surface area (Å²) >= 11 is 4.30. The fraction of sp³-hybridized carbons (Fsp3) is 0.238. The van der Waals surface area contributed by atoms with Crippen molar-refractivity contribution in [1.82, 2.24) is 0 Å². The van der Waals surface area contributed by atoms with Crippen molar-refractivity contribution in [3.63, 3.8) is 0 Å². The number of nitrogens with zero attached hydrogens (tertiary/aromatic N) is 1. The molecular formula is C21H24BrNSeSi2. The first-order valence-electron chi connectivity index (χ1n) is 9.00. The Morgan fingerprint density at radius 1 is 0.885 bits per heavy atom. The van der Waals surface area contributed by atoms with E-state index in [9.17, 15) is 0 Å². The third-order valence-electron chi connectivity index (χ3n) is 5.25. The predicted octanol–water partition coefficient (Wildman–Crippen LogP) is 4.66. The van der Waals surface area contributed by atoms with Crippen LogP contribution in [0.2, 0.25) is 32.7 Å². The monoisotopic (exact) mass is 505 g/mol. The van der Waals surface area contributed by atoms with Crippen molar-refractivity contribution in [3.8, 4) is 0 Å². The van der Waals surface area contributed by atoms with Crippen molar-refractivity contribution in [2.24, 2.45) is 0 Å². The van der Waals surface area contributed by atoms with E-state index in [1.165, 1.54) is 20.4 Å². The van der Waals surface area contributed by atoms with Crippen LogP contribution in [0.5, 0.6) is 0 Å². The molecule has 26 heavy (non-hydrogen) atoms. The molecule has 0 unspecified atom stereocenters. The molecule has 0 atom stereocenters. The van der Waals surface area contributed by atoms with Gasteiger partial charge in [-0.1, -0.05) is 0 Å². The number of hydrogen-bond donors (Lipinski definition) is 0. The van der Waals surface area contributed by atoms with Crippen molar-refractivity contribution >= 4 is 77.0 Å². The molecule has 0 N–H and O–H groups in total. The first-order valence-corrected chi connectivity index (χ1v) is 18.0. The van der Waals surface area contributed by atoms with E-state index in [4.69, 9.17) is 0 Å². The topological polar surface area (TPSA) is 3.24 Å². The summed E-state index contributed by atoms with van der Waals surface area (Å²) in [5.74, 6) is 0. The van der Waals surface area contributed by atoms with Gasteiger partial charge in [0.15, 0.2) is 0 Å². The molecule has 1 aliphatic heterocycles. The van der Waals surface area contributed by atoms with E-state index in [2.05, 4.69) is 108 Å². The zero-order valence-corrected chi connectivity index (χ0v) is 21.2. The SMILES string of the molecule is C[Si](C)(C)c1cc(Br)c(N2c3ccccc3[Si](C)(C)c3ccccc32)[se]1. The Bertz CT molecular complexity index is 938. The molecule has 4 rings (SSSR count). The molecule has 2 heterocycles. The van der Waals surface area contributed by atoms with E-state index in [0.29, 0.717) is 14.5 Å². The molecule has 1 aliphatic rings. The van der Waals surface area contributed by atoms with Crippen molar-refractivity contribution in [2.45, 2.75) is 32.7 Å². The summed E-state index contributed by atoms with van der Waals surface area (Å²) in [6.45, 7) is 12.3. The first kappa shape index (κ1) is 18.5. The Kier molecular flexibility index (Phi) is 4.52. The van der Waals surface area contributed by atoms with Crippen LogP contribution in [0.4, 0.5) is 15.9 Å². The van der Waals surface area contributed by atoms with E-state index in [1.807, 2.05) is 0 Å². The minimum absolute atomic E-state index is 0.382. The molecule has 0 aliphatic carbocycles. The summed E-state index contributed by atoms with van der Waals surface area (Å²) in [5.41, 5.74) is 2.78. The van der Waals surface area contributed by atoms with Gasteiger partial charge in [-0.3, -0.25) is 0 Å². The molecule has 0 spiro atoms. The number of halogens is 1. The van der Waals surface area contributed by atoms with Crippen LogP contribution in [0.3, 0.4) is 0 Å². The second kappa shape index (κ2) is 6.35. The molecule has 3 aromatic rings. The molecule has 2 aromatic carbocycles. The fourth-order valence-corrected chi connectivity index (χ4v) is 13.2. The van der Waals surface area contributed by atoms with Gasteiger partial charge in [0, 0.05) is 0 Å². The average molecular weight is 505 g/mol. The molecule has 1 nitrogen and oxygen atoms in total. The van der Waals surface area contributed by atoms with Crippen molar-refractivity contribution in [3.05, 3.63) is 59.1 Å². The van der Waals surface area contributed by atoms with Crippen LogP contribution in [0.1, 0.15) is 0 Å². The quantitative estimate of drug-likeness (QED) is 0.459. The Morgan fingerprint density at radius 3 is 1.85 bits per heavy atom. The summed E-state index contributed by atoms with van der Waals surface area (Å²) < 4.78 is 4.42. The van der Waals surface area contributed by atoms with Crippen LogP contribution in [0.25, 0.3) is 0 Å². The van der Waals surface area contributed by atoms with Crippen LogP contribution in [0, 0.1) is 0 Å². The molecule has 5 heteroatoms. The van der Waals surface area contributed by atoms with E-state index in [1.54, 1.807) is 14.4 Å². The van der Waals surface area contributed by atoms with E-state index >= 15 is 0 Å². The van der Waals surface area contributed by atoms with Crippen LogP contribution in [-0.2, 0) is 0 Å². The molecule has 0 saturated carbocycles. The van der Waals surface area contributed by atoms with Gasteiger partial charge in [0.1, 0.15) is 0 Å². The number of fused-ring (bicyclic) bond motifs is 2. The maximum absolute atomic E-state index is 3.92. The number of hydrogen-bond acceptors (Lipinski definition) is 1. The third kappa shape index (κ3) is 2.85.